The monoisotopic (exact) mass is 184 g/mol. The van der Waals surface area contributed by atoms with Crippen molar-refractivity contribution in [3.05, 3.63) is 0 Å². The fourth-order valence-electron chi connectivity index (χ4n) is 1.98. The van der Waals surface area contributed by atoms with E-state index in [0.29, 0.717) is 6.04 Å². The number of nitrogens with one attached hydrogen (secondary N) is 1. The minimum Gasteiger partial charge on any atom is -0.313 e. The van der Waals surface area contributed by atoms with Crippen LogP contribution in [0, 0.1) is 0 Å². The Labute approximate surface area is 82.7 Å². The number of rotatable bonds is 5. The third kappa shape index (κ3) is 4.63. The van der Waals surface area contributed by atoms with Crippen molar-refractivity contribution in [2.45, 2.75) is 45.6 Å². The number of piperidine rings is 1. The van der Waals surface area contributed by atoms with Crippen LogP contribution in [0.2, 0.25) is 0 Å². The highest BCUT2D eigenvalue weighted by atomic mass is 15.1. The van der Waals surface area contributed by atoms with Crippen LogP contribution in [0.25, 0.3) is 0 Å². The summed E-state index contributed by atoms with van der Waals surface area (Å²) in [6.45, 7) is 9.55. The summed E-state index contributed by atoms with van der Waals surface area (Å²) in [5.41, 5.74) is 0. The maximum absolute atomic E-state index is 3.54. The van der Waals surface area contributed by atoms with E-state index in [-0.39, 0.29) is 0 Å². The van der Waals surface area contributed by atoms with Gasteiger partial charge in [-0.3, -0.25) is 0 Å². The van der Waals surface area contributed by atoms with Crippen LogP contribution in [-0.4, -0.2) is 37.1 Å². The fourth-order valence-corrected chi connectivity index (χ4v) is 1.98. The zero-order valence-electron chi connectivity index (χ0n) is 9.18. The van der Waals surface area contributed by atoms with Crippen molar-refractivity contribution in [2.24, 2.45) is 0 Å². The summed E-state index contributed by atoms with van der Waals surface area (Å²) >= 11 is 0. The Morgan fingerprint density at radius 1 is 1.23 bits per heavy atom. The Balaban J connectivity index is 2.07. The molecule has 0 spiro atoms. The van der Waals surface area contributed by atoms with Crippen LogP contribution in [0.1, 0.15) is 39.5 Å². The molecule has 0 bridgehead atoms. The SMILES string of the molecule is CCCNC(C)CN1CCCCC1. The van der Waals surface area contributed by atoms with E-state index < -0.39 is 0 Å². The van der Waals surface area contributed by atoms with Crippen LogP contribution in [0.4, 0.5) is 0 Å². The van der Waals surface area contributed by atoms with Gasteiger partial charge in [-0.05, 0) is 45.8 Å². The molecule has 78 valence electrons. The molecule has 0 radical (unpaired) electrons. The van der Waals surface area contributed by atoms with Gasteiger partial charge in [0.05, 0.1) is 0 Å². The number of likely N-dealkylation sites (tertiary alicyclic amines) is 1. The number of hydrogen-bond acceptors (Lipinski definition) is 2. The van der Waals surface area contributed by atoms with Crippen LogP contribution in [-0.2, 0) is 0 Å². The second kappa shape index (κ2) is 6.39. The molecule has 1 atom stereocenters. The molecular weight excluding hydrogens is 160 g/mol. The third-order valence-corrected chi connectivity index (χ3v) is 2.72. The second-order valence-electron chi connectivity index (χ2n) is 4.22. The predicted octanol–water partition coefficient (Wildman–Crippen LogP) is 1.86. The summed E-state index contributed by atoms with van der Waals surface area (Å²) in [6, 6.07) is 0.665. The molecule has 2 heteroatoms. The topological polar surface area (TPSA) is 15.3 Å². The smallest absolute Gasteiger partial charge is 0.0166 e. The van der Waals surface area contributed by atoms with E-state index in [2.05, 4.69) is 24.1 Å². The molecule has 2 nitrogen and oxygen atoms in total. The highest BCUT2D eigenvalue weighted by molar-refractivity contribution is 4.70. The lowest BCUT2D eigenvalue weighted by Crippen LogP contribution is -2.41. The Kier molecular flexibility index (Phi) is 5.40. The van der Waals surface area contributed by atoms with Crippen LogP contribution >= 0.6 is 0 Å². The van der Waals surface area contributed by atoms with Gasteiger partial charge < -0.3 is 10.2 Å². The zero-order valence-corrected chi connectivity index (χ0v) is 9.18. The van der Waals surface area contributed by atoms with Gasteiger partial charge in [-0.15, -0.1) is 0 Å². The maximum Gasteiger partial charge on any atom is 0.0166 e. The Bertz CT molecular complexity index is 119. The van der Waals surface area contributed by atoms with Gasteiger partial charge in [-0.1, -0.05) is 13.3 Å². The molecule has 1 heterocycles. The standard InChI is InChI=1S/C11H24N2/c1-3-7-12-11(2)10-13-8-5-4-6-9-13/h11-12H,3-10H2,1-2H3. The average molecular weight is 184 g/mol. The van der Waals surface area contributed by atoms with E-state index in [1.165, 1.54) is 45.3 Å². The van der Waals surface area contributed by atoms with Crippen molar-refractivity contribution in [1.82, 2.24) is 10.2 Å². The van der Waals surface area contributed by atoms with Crippen molar-refractivity contribution in [2.75, 3.05) is 26.2 Å². The van der Waals surface area contributed by atoms with Gasteiger partial charge in [-0.2, -0.15) is 0 Å². The molecule has 1 unspecified atom stereocenters. The quantitative estimate of drug-likeness (QED) is 0.701. The molecule has 0 aromatic carbocycles. The number of hydrogen-bond donors (Lipinski definition) is 1. The average Bonchev–Trinajstić information content (AvgIpc) is 2.16. The van der Waals surface area contributed by atoms with Gasteiger partial charge >= 0.3 is 0 Å². The predicted molar refractivity (Wildman–Crippen MR) is 58.0 cm³/mol. The first-order valence-corrected chi connectivity index (χ1v) is 5.78. The summed E-state index contributed by atoms with van der Waals surface area (Å²) < 4.78 is 0. The van der Waals surface area contributed by atoms with Gasteiger partial charge in [0.25, 0.3) is 0 Å². The largest absolute Gasteiger partial charge is 0.313 e. The summed E-state index contributed by atoms with van der Waals surface area (Å²) in [6.07, 6.45) is 5.48. The van der Waals surface area contributed by atoms with Crippen molar-refractivity contribution < 1.29 is 0 Å². The fraction of sp³-hybridized carbons (Fsp3) is 1.00. The third-order valence-electron chi connectivity index (χ3n) is 2.72. The molecule has 1 rings (SSSR count). The van der Waals surface area contributed by atoms with Gasteiger partial charge in [0.15, 0.2) is 0 Å². The second-order valence-corrected chi connectivity index (χ2v) is 4.22. The highest BCUT2D eigenvalue weighted by Gasteiger charge is 2.12. The Hall–Kier alpha value is -0.0800. The number of nitrogens with zero attached hydrogens (tertiary/aromatic N) is 1. The first-order chi connectivity index (χ1) is 6.33. The molecule has 13 heavy (non-hydrogen) atoms. The van der Waals surface area contributed by atoms with Crippen molar-refractivity contribution >= 4 is 0 Å². The van der Waals surface area contributed by atoms with Crippen molar-refractivity contribution in [1.29, 1.82) is 0 Å². The molecule has 1 N–H and O–H groups in total. The molecule has 0 aromatic heterocycles. The van der Waals surface area contributed by atoms with Gasteiger partial charge in [0.2, 0.25) is 0 Å². The molecule has 1 fully saturated rings. The molecular formula is C11H24N2. The normalized spacial score (nSPS) is 21.7. The van der Waals surface area contributed by atoms with Gasteiger partial charge in [-0.25, -0.2) is 0 Å². The van der Waals surface area contributed by atoms with Gasteiger partial charge in [0.1, 0.15) is 0 Å². The molecule has 0 amide bonds. The van der Waals surface area contributed by atoms with Crippen LogP contribution in [0.3, 0.4) is 0 Å². The van der Waals surface area contributed by atoms with E-state index in [4.69, 9.17) is 0 Å². The minimum atomic E-state index is 0.665. The van der Waals surface area contributed by atoms with Crippen LogP contribution in [0.15, 0.2) is 0 Å². The molecule has 1 aliphatic rings. The van der Waals surface area contributed by atoms with Crippen LogP contribution < -0.4 is 5.32 Å². The van der Waals surface area contributed by atoms with Crippen molar-refractivity contribution in [3.8, 4) is 0 Å². The van der Waals surface area contributed by atoms with E-state index in [9.17, 15) is 0 Å². The summed E-state index contributed by atoms with van der Waals surface area (Å²) in [4.78, 5) is 2.59. The van der Waals surface area contributed by atoms with Crippen LogP contribution in [0.5, 0.6) is 0 Å². The zero-order chi connectivity index (χ0) is 9.52. The Morgan fingerprint density at radius 3 is 2.54 bits per heavy atom. The summed E-state index contributed by atoms with van der Waals surface area (Å²) in [7, 11) is 0. The van der Waals surface area contributed by atoms with E-state index >= 15 is 0 Å². The minimum absolute atomic E-state index is 0.665. The highest BCUT2D eigenvalue weighted by Crippen LogP contribution is 2.08. The molecule has 1 saturated heterocycles. The lowest BCUT2D eigenvalue weighted by molar-refractivity contribution is 0.209. The Morgan fingerprint density at radius 2 is 1.92 bits per heavy atom. The lowest BCUT2D eigenvalue weighted by atomic mass is 10.1. The first-order valence-electron chi connectivity index (χ1n) is 5.78. The summed E-state index contributed by atoms with van der Waals surface area (Å²) in [5.74, 6) is 0. The van der Waals surface area contributed by atoms with E-state index in [0.717, 1.165) is 6.54 Å². The van der Waals surface area contributed by atoms with Crippen molar-refractivity contribution in [3.63, 3.8) is 0 Å². The van der Waals surface area contributed by atoms with E-state index in [1.807, 2.05) is 0 Å². The lowest BCUT2D eigenvalue weighted by Gasteiger charge is -2.29. The molecule has 0 saturated carbocycles. The molecule has 0 aliphatic carbocycles. The molecule has 0 aromatic rings. The maximum atomic E-state index is 3.54. The van der Waals surface area contributed by atoms with E-state index in [1.54, 1.807) is 0 Å². The first kappa shape index (κ1) is 11.0. The van der Waals surface area contributed by atoms with Gasteiger partial charge in [0, 0.05) is 12.6 Å². The summed E-state index contributed by atoms with van der Waals surface area (Å²) in [5, 5.41) is 3.54. The molecule has 1 aliphatic heterocycles.